The second-order valence-electron chi connectivity index (χ2n) is 16.9. The summed E-state index contributed by atoms with van der Waals surface area (Å²) in [4.78, 5) is 62.3. The average Bonchev–Trinajstić information content (AvgIpc) is 4.02. The fourth-order valence-corrected chi connectivity index (χ4v) is 8.75. The maximum Gasteiger partial charge on any atom is 0.408 e. The zero-order chi connectivity index (χ0) is 38.4. The molecule has 0 bridgehead atoms. The van der Waals surface area contributed by atoms with Crippen molar-refractivity contribution in [2.24, 2.45) is 17.8 Å². The molecule has 1 aromatic carbocycles. The molecule has 3 saturated carbocycles. The van der Waals surface area contributed by atoms with Crippen LogP contribution in [0.3, 0.4) is 0 Å². The fraction of sp³-hybridized carbons (Fsp3) is 0.625. The summed E-state index contributed by atoms with van der Waals surface area (Å²) < 4.78 is 33.7. The lowest BCUT2D eigenvalue weighted by atomic mass is 9.88. The van der Waals surface area contributed by atoms with Crippen molar-refractivity contribution in [3.8, 4) is 11.6 Å². The van der Waals surface area contributed by atoms with Gasteiger partial charge in [0.2, 0.25) is 17.7 Å². The van der Waals surface area contributed by atoms with Gasteiger partial charge in [-0.2, -0.15) is 0 Å². The predicted molar refractivity (Wildman–Crippen MR) is 203 cm³/mol. The largest absolute Gasteiger partial charge is 0.488 e. The van der Waals surface area contributed by atoms with E-state index < -0.39 is 64.1 Å². The Bertz CT molecular complexity index is 1840. The van der Waals surface area contributed by atoms with Crippen LogP contribution in [0, 0.1) is 17.8 Å². The van der Waals surface area contributed by atoms with Gasteiger partial charge in [-0.05, 0) is 90.0 Å². The van der Waals surface area contributed by atoms with Gasteiger partial charge in [-0.25, -0.2) is 14.0 Å². The van der Waals surface area contributed by atoms with Gasteiger partial charge in [0.1, 0.15) is 46.1 Å². The van der Waals surface area contributed by atoms with Crippen molar-refractivity contribution in [1.29, 1.82) is 0 Å². The Kier molecular flexibility index (Phi) is 10.7. The van der Waals surface area contributed by atoms with E-state index in [1.54, 1.807) is 27.0 Å². The highest BCUT2D eigenvalue weighted by Gasteiger charge is 2.61. The quantitative estimate of drug-likeness (QED) is 0.319. The molecular formula is C40H53N5O8S. The number of benzene rings is 1. The van der Waals surface area contributed by atoms with Gasteiger partial charge in [-0.3, -0.25) is 19.1 Å². The van der Waals surface area contributed by atoms with Gasteiger partial charge in [-0.1, -0.05) is 44.2 Å². The van der Waals surface area contributed by atoms with Crippen LogP contribution in [0.1, 0.15) is 92.4 Å². The normalized spacial score (nSPS) is 31.5. The molecule has 1 aromatic heterocycles. The zero-order valence-corrected chi connectivity index (χ0v) is 32.6. The van der Waals surface area contributed by atoms with Gasteiger partial charge < -0.3 is 29.7 Å². The molecule has 8 atom stereocenters. The molecule has 2 aromatic rings. The molecule has 7 rings (SSSR count). The fourth-order valence-electron chi connectivity index (χ4n) is 7.65. The molecule has 54 heavy (non-hydrogen) atoms. The third kappa shape index (κ3) is 8.68. The van der Waals surface area contributed by atoms with E-state index in [4.69, 9.17) is 14.2 Å². The number of nitrogens with one attached hydrogen (secondary N) is 3. The van der Waals surface area contributed by atoms with Crippen LogP contribution in [-0.4, -0.2) is 85.1 Å². The van der Waals surface area contributed by atoms with Crippen LogP contribution in [0.25, 0.3) is 10.8 Å². The molecule has 3 heterocycles. The van der Waals surface area contributed by atoms with Crippen LogP contribution < -0.4 is 24.8 Å². The molecule has 2 aliphatic heterocycles. The Hall–Kier alpha value is -4.20. The third-order valence-corrected chi connectivity index (χ3v) is 12.4. The number of amides is 4. The Morgan fingerprint density at radius 2 is 1.74 bits per heavy atom. The molecule has 14 heteroatoms. The number of carbonyl (C=O) groups is 4. The first-order valence-corrected chi connectivity index (χ1v) is 20.6. The number of ether oxygens (including phenoxy) is 3. The van der Waals surface area contributed by atoms with Crippen molar-refractivity contribution in [3.05, 3.63) is 42.6 Å². The standard InChI is InChI=1S/C40H53N5O8S/c1-23-10-6-7-11-25-20-40(25,37(48)44-54(50)28-16-17-28)43-34(46)31-19-27(22-45(31)36(47)33(24(2)18-23)42-38(49)53-39(3,4)5)52-35-30-13-9-8-12-29(30)32(21-41-35)51-26-14-15-26/h7-9,11-13,21,23-28,31,33H,6,10,14-20,22H2,1-5H3,(H,42,49)(H,43,46)(H,44,48)/b11-7-/t23-,24+,25+,27+,31-,33-,40+,54?/m0/s1. The van der Waals surface area contributed by atoms with Crippen LogP contribution in [0.4, 0.5) is 4.79 Å². The monoisotopic (exact) mass is 763 g/mol. The minimum absolute atomic E-state index is 0.0379. The Labute approximate surface area is 319 Å². The molecular weight excluding hydrogens is 711 g/mol. The van der Waals surface area contributed by atoms with Crippen LogP contribution >= 0.6 is 0 Å². The Morgan fingerprint density at radius 3 is 2.44 bits per heavy atom. The number of hydrogen-bond acceptors (Lipinski definition) is 9. The van der Waals surface area contributed by atoms with Gasteiger partial charge in [0, 0.05) is 23.1 Å². The minimum Gasteiger partial charge on any atom is -0.488 e. The topological polar surface area (TPSA) is 165 Å². The van der Waals surface area contributed by atoms with Crippen molar-refractivity contribution in [3.63, 3.8) is 0 Å². The van der Waals surface area contributed by atoms with E-state index in [1.165, 1.54) is 4.90 Å². The first kappa shape index (κ1) is 38.1. The third-order valence-electron chi connectivity index (χ3n) is 10.9. The molecule has 5 aliphatic rings. The van der Waals surface area contributed by atoms with Crippen LogP contribution in [-0.2, 0) is 30.1 Å². The van der Waals surface area contributed by atoms with E-state index in [1.807, 2.05) is 43.3 Å². The molecule has 3 N–H and O–H groups in total. The summed E-state index contributed by atoms with van der Waals surface area (Å²) in [5, 5.41) is 7.39. The van der Waals surface area contributed by atoms with Crippen LogP contribution in [0.5, 0.6) is 11.6 Å². The lowest BCUT2D eigenvalue weighted by molar-refractivity contribution is -0.142. The van der Waals surface area contributed by atoms with E-state index in [0.717, 1.165) is 49.3 Å². The number of alkyl carbamates (subject to hydrolysis) is 1. The van der Waals surface area contributed by atoms with Gasteiger partial charge in [-0.15, -0.1) is 0 Å². The van der Waals surface area contributed by atoms with Crippen LogP contribution in [0.2, 0.25) is 0 Å². The number of allylic oxidation sites excluding steroid dienone is 1. The van der Waals surface area contributed by atoms with Gasteiger partial charge >= 0.3 is 6.09 Å². The average molecular weight is 764 g/mol. The van der Waals surface area contributed by atoms with Crippen LogP contribution in [0.15, 0.2) is 42.6 Å². The molecule has 3 aliphatic carbocycles. The number of hydrogen-bond donors (Lipinski definition) is 3. The summed E-state index contributed by atoms with van der Waals surface area (Å²) in [6.45, 7) is 9.35. The van der Waals surface area contributed by atoms with Gasteiger partial charge in [0.05, 0.1) is 24.1 Å². The van der Waals surface area contributed by atoms with Crippen molar-refractivity contribution >= 4 is 45.6 Å². The zero-order valence-electron chi connectivity index (χ0n) is 31.8. The summed E-state index contributed by atoms with van der Waals surface area (Å²) in [6.07, 6.45) is 10.7. The number of fused-ring (bicyclic) bond motifs is 3. The molecule has 4 amide bonds. The summed E-state index contributed by atoms with van der Waals surface area (Å²) in [5.74, 6) is -0.802. The number of aromatic nitrogens is 1. The first-order chi connectivity index (χ1) is 25.7. The molecule has 292 valence electrons. The number of pyridine rings is 1. The highest BCUT2D eigenvalue weighted by molar-refractivity contribution is 7.84. The lowest BCUT2D eigenvalue weighted by Crippen LogP contribution is -2.59. The maximum atomic E-state index is 14.8. The molecule has 1 unspecified atom stereocenters. The molecule has 1 saturated heterocycles. The summed E-state index contributed by atoms with van der Waals surface area (Å²) in [7, 11) is -1.54. The number of rotatable bonds is 8. The minimum atomic E-state index is -1.54. The number of nitrogens with zero attached hydrogens (tertiary/aromatic N) is 2. The van der Waals surface area contributed by atoms with E-state index in [0.29, 0.717) is 24.5 Å². The number of carbonyl (C=O) groups excluding carboxylic acids is 4. The van der Waals surface area contributed by atoms with E-state index >= 15 is 0 Å². The summed E-state index contributed by atoms with van der Waals surface area (Å²) in [5.41, 5.74) is -2.09. The summed E-state index contributed by atoms with van der Waals surface area (Å²) >= 11 is 0. The van der Waals surface area contributed by atoms with Gasteiger partial charge in [0.15, 0.2) is 0 Å². The van der Waals surface area contributed by atoms with Crippen molar-refractivity contribution in [2.45, 2.75) is 133 Å². The molecule has 0 radical (unpaired) electrons. The SMILES string of the molecule is C[C@H]1CC/C=C\[C@@H]2C[C@@]2(C(=O)NS(=O)C2CC2)NC(=O)[C@@H]2C[C@@H](Oc3ncc(OC4CC4)c4ccccc34)CN2C(=O)[C@@H](NC(=O)OC(C)(C)C)[C@H](C)C1. The second kappa shape index (κ2) is 15.1. The smallest absolute Gasteiger partial charge is 0.408 e. The highest BCUT2D eigenvalue weighted by Crippen LogP contribution is 2.46. The van der Waals surface area contributed by atoms with E-state index in [9.17, 15) is 23.4 Å². The van der Waals surface area contributed by atoms with Crippen molar-refractivity contribution in [2.75, 3.05) is 6.54 Å². The Morgan fingerprint density at radius 1 is 1.00 bits per heavy atom. The molecule has 0 spiro atoms. The van der Waals surface area contributed by atoms with Crippen molar-refractivity contribution < 1.29 is 37.6 Å². The molecule has 13 nitrogen and oxygen atoms in total. The lowest BCUT2D eigenvalue weighted by Gasteiger charge is -2.33. The van der Waals surface area contributed by atoms with Crippen molar-refractivity contribution in [1.82, 2.24) is 25.2 Å². The second-order valence-corrected chi connectivity index (χ2v) is 18.4. The van der Waals surface area contributed by atoms with Gasteiger partial charge in [0.25, 0.3) is 5.91 Å². The van der Waals surface area contributed by atoms with E-state index in [2.05, 4.69) is 27.3 Å². The first-order valence-electron chi connectivity index (χ1n) is 19.4. The highest BCUT2D eigenvalue weighted by atomic mass is 32.2. The maximum absolute atomic E-state index is 14.8. The predicted octanol–water partition coefficient (Wildman–Crippen LogP) is 4.85. The van der Waals surface area contributed by atoms with E-state index in [-0.39, 0.29) is 42.1 Å². The Balaban J connectivity index is 1.20. The summed E-state index contributed by atoms with van der Waals surface area (Å²) in [6, 6.07) is 5.64. The molecule has 4 fully saturated rings.